The SMILES string of the molecule is COC(=O)c1ccc(CS(=O)(=O)Cc2cccc(-c3ccc4c(c3)CCO4)c2)cc1O. The molecule has 31 heavy (non-hydrogen) atoms. The number of hydrogen-bond donors (Lipinski definition) is 1. The molecule has 0 bridgehead atoms. The molecule has 0 radical (unpaired) electrons. The van der Waals surface area contributed by atoms with Gasteiger partial charge >= 0.3 is 5.97 Å². The van der Waals surface area contributed by atoms with E-state index < -0.39 is 15.8 Å². The minimum Gasteiger partial charge on any atom is -0.507 e. The molecule has 0 fully saturated rings. The molecule has 0 aliphatic carbocycles. The van der Waals surface area contributed by atoms with Crippen LogP contribution >= 0.6 is 0 Å². The molecule has 4 rings (SSSR count). The molecule has 0 spiro atoms. The number of sulfone groups is 1. The average molecular weight is 439 g/mol. The van der Waals surface area contributed by atoms with Gasteiger partial charge in [0.15, 0.2) is 9.84 Å². The summed E-state index contributed by atoms with van der Waals surface area (Å²) in [6, 6.07) is 17.6. The van der Waals surface area contributed by atoms with Gasteiger partial charge in [-0.25, -0.2) is 13.2 Å². The Balaban J connectivity index is 1.52. The lowest BCUT2D eigenvalue weighted by molar-refractivity contribution is 0.0597. The van der Waals surface area contributed by atoms with Crippen LogP contribution < -0.4 is 4.74 Å². The van der Waals surface area contributed by atoms with Gasteiger partial charge in [-0.15, -0.1) is 0 Å². The third-order valence-corrected chi connectivity index (χ3v) is 6.74. The largest absolute Gasteiger partial charge is 0.507 e. The molecule has 1 N–H and O–H groups in total. The van der Waals surface area contributed by atoms with Crippen molar-refractivity contribution >= 4 is 15.8 Å². The molecule has 160 valence electrons. The molecule has 3 aromatic carbocycles. The Morgan fingerprint density at radius 3 is 2.48 bits per heavy atom. The Bertz CT molecular complexity index is 1250. The smallest absolute Gasteiger partial charge is 0.341 e. The van der Waals surface area contributed by atoms with E-state index in [0.29, 0.717) is 17.7 Å². The van der Waals surface area contributed by atoms with Crippen LogP contribution in [0.15, 0.2) is 60.7 Å². The summed E-state index contributed by atoms with van der Waals surface area (Å²) in [5, 5.41) is 10.0. The summed E-state index contributed by atoms with van der Waals surface area (Å²) in [6.45, 7) is 0.688. The topological polar surface area (TPSA) is 89.9 Å². The number of methoxy groups -OCH3 is 1. The van der Waals surface area contributed by atoms with Crippen molar-refractivity contribution in [1.29, 1.82) is 0 Å². The van der Waals surface area contributed by atoms with E-state index >= 15 is 0 Å². The van der Waals surface area contributed by atoms with E-state index in [2.05, 4.69) is 10.8 Å². The van der Waals surface area contributed by atoms with E-state index in [9.17, 15) is 18.3 Å². The number of hydrogen-bond acceptors (Lipinski definition) is 6. The predicted molar refractivity (Wildman–Crippen MR) is 117 cm³/mol. The molecule has 0 aromatic heterocycles. The van der Waals surface area contributed by atoms with Gasteiger partial charge in [0.25, 0.3) is 0 Å². The summed E-state index contributed by atoms with van der Waals surface area (Å²) in [5.41, 5.74) is 4.21. The molecule has 0 saturated carbocycles. The number of aromatic hydroxyl groups is 1. The number of carbonyl (C=O) groups excluding carboxylic acids is 1. The zero-order valence-corrected chi connectivity index (χ0v) is 17.8. The zero-order valence-electron chi connectivity index (χ0n) is 17.0. The van der Waals surface area contributed by atoms with Crippen LogP contribution in [0.3, 0.4) is 0 Å². The first kappa shape index (κ1) is 20.9. The lowest BCUT2D eigenvalue weighted by Crippen LogP contribution is -2.08. The fourth-order valence-electron chi connectivity index (χ4n) is 3.72. The summed E-state index contributed by atoms with van der Waals surface area (Å²) in [7, 11) is -2.29. The quantitative estimate of drug-likeness (QED) is 0.587. The van der Waals surface area contributed by atoms with E-state index in [1.807, 2.05) is 30.3 Å². The molecule has 0 unspecified atom stereocenters. The van der Waals surface area contributed by atoms with Crippen molar-refractivity contribution in [2.45, 2.75) is 17.9 Å². The van der Waals surface area contributed by atoms with Gasteiger partial charge in [-0.2, -0.15) is 0 Å². The van der Waals surface area contributed by atoms with E-state index in [1.165, 1.54) is 25.3 Å². The first-order valence-corrected chi connectivity index (χ1v) is 11.6. The van der Waals surface area contributed by atoms with E-state index in [0.717, 1.165) is 28.9 Å². The molecule has 0 saturated heterocycles. The fourth-order valence-corrected chi connectivity index (χ4v) is 5.19. The highest BCUT2D eigenvalue weighted by molar-refractivity contribution is 7.89. The van der Waals surface area contributed by atoms with Crippen LogP contribution in [0.2, 0.25) is 0 Å². The van der Waals surface area contributed by atoms with Gasteiger partial charge in [0.1, 0.15) is 17.1 Å². The minimum atomic E-state index is -3.50. The Hall–Kier alpha value is -3.32. The Morgan fingerprint density at radius 2 is 1.74 bits per heavy atom. The summed E-state index contributed by atoms with van der Waals surface area (Å²) >= 11 is 0. The average Bonchev–Trinajstić information content (AvgIpc) is 3.20. The second kappa shape index (κ2) is 8.43. The number of esters is 1. The lowest BCUT2D eigenvalue weighted by atomic mass is 10.0. The molecule has 6 nitrogen and oxygen atoms in total. The number of fused-ring (bicyclic) bond motifs is 1. The summed E-state index contributed by atoms with van der Waals surface area (Å²) in [4.78, 5) is 11.6. The van der Waals surface area contributed by atoms with Gasteiger partial charge in [-0.1, -0.05) is 36.4 Å². The fraction of sp³-hybridized carbons (Fsp3) is 0.208. The summed E-state index contributed by atoms with van der Waals surface area (Å²) < 4.78 is 35.7. The van der Waals surface area contributed by atoms with Crippen molar-refractivity contribution in [2.75, 3.05) is 13.7 Å². The van der Waals surface area contributed by atoms with Crippen molar-refractivity contribution < 1.29 is 27.8 Å². The molecule has 1 aliphatic heterocycles. The predicted octanol–water partition coefficient (Wildman–Crippen LogP) is 3.90. The Labute approximate surface area is 181 Å². The molecular weight excluding hydrogens is 416 g/mol. The lowest BCUT2D eigenvalue weighted by Gasteiger charge is -2.09. The Morgan fingerprint density at radius 1 is 1.00 bits per heavy atom. The number of phenols is 1. The van der Waals surface area contributed by atoms with Crippen molar-refractivity contribution in [3.05, 3.63) is 82.9 Å². The summed E-state index contributed by atoms with van der Waals surface area (Å²) in [6.07, 6.45) is 0.874. The van der Waals surface area contributed by atoms with Crippen LogP contribution in [-0.2, 0) is 32.5 Å². The maximum Gasteiger partial charge on any atom is 0.341 e. The highest BCUT2D eigenvalue weighted by Crippen LogP contribution is 2.31. The van der Waals surface area contributed by atoms with Gasteiger partial charge in [0, 0.05) is 6.42 Å². The van der Waals surface area contributed by atoms with Crippen LogP contribution in [-0.4, -0.2) is 33.2 Å². The molecule has 7 heteroatoms. The van der Waals surface area contributed by atoms with Crippen LogP contribution in [0.25, 0.3) is 11.1 Å². The van der Waals surface area contributed by atoms with Gasteiger partial charge in [0.05, 0.1) is 25.2 Å². The van der Waals surface area contributed by atoms with Crippen molar-refractivity contribution in [3.63, 3.8) is 0 Å². The van der Waals surface area contributed by atoms with Gasteiger partial charge in [0.2, 0.25) is 0 Å². The number of phenolic OH excluding ortho intramolecular Hbond substituents is 1. The number of rotatable bonds is 6. The molecule has 3 aromatic rings. The van der Waals surface area contributed by atoms with E-state index in [-0.39, 0.29) is 22.8 Å². The van der Waals surface area contributed by atoms with E-state index in [1.54, 1.807) is 6.07 Å². The van der Waals surface area contributed by atoms with Crippen LogP contribution in [0.5, 0.6) is 11.5 Å². The van der Waals surface area contributed by atoms with Crippen molar-refractivity contribution in [2.24, 2.45) is 0 Å². The van der Waals surface area contributed by atoms with Gasteiger partial charge < -0.3 is 14.6 Å². The van der Waals surface area contributed by atoms with Crippen LogP contribution in [0, 0.1) is 0 Å². The molecule has 0 amide bonds. The van der Waals surface area contributed by atoms with Crippen LogP contribution in [0.4, 0.5) is 0 Å². The standard InChI is InChI=1S/C24H22O6S/c1-29-24(26)21-7-5-17(12-22(21)25)15-31(27,28)14-16-3-2-4-18(11-16)19-6-8-23-20(13-19)9-10-30-23/h2-8,11-13,25H,9-10,14-15H2,1H3. The van der Waals surface area contributed by atoms with Crippen molar-refractivity contribution in [1.82, 2.24) is 0 Å². The van der Waals surface area contributed by atoms with Crippen LogP contribution in [0.1, 0.15) is 27.0 Å². The summed E-state index contributed by atoms with van der Waals surface area (Å²) in [5.74, 6) is -0.454. The number of carbonyl (C=O) groups is 1. The third-order valence-electron chi connectivity index (χ3n) is 5.19. The van der Waals surface area contributed by atoms with Gasteiger partial charge in [-0.3, -0.25) is 0 Å². The molecular formula is C24H22O6S. The normalized spacial score (nSPS) is 12.8. The molecule has 1 heterocycles. The first-order chi connectivity index (χ1) is 14.8. The first-order valence-electron chi connectivity index (χ1n) is 9.80. The van der Waals surface area contributed by atoms with Gasteiger partial charge in [-0.05, 0) is 52.1 Å². The maximum atomic E-state index is 12.8. The highest BCUT2D eigenvalue weighted by atomic mass is 32.2. The third kappa shape index (κ3) is 4.72. The molecule has 1 aliphatic rings. The highest BCUT2D eigenvalue weighted by Gasteiger charge is 2.18. The zero-order chi connectivity index (χ0) is 22.0. The second-order valence-corrected chi connectivity index (χ2v) is 9.56. The van der Waals surface area contributed by atoms with Crippen molar-refractivity contribution in [3.8, 4) is 22.6 Å². The number of ether oxygens (including phenoxy) is 2. The molecule has 0 atom stereocenters. The second-order valence-electron chi connectivity index (χ2n) is 7.50. The monoisotopic (exact) mass is 438 g/mol. The Kier molecular flexibility index (Phi) is 5.69. The maximum absolute atomic E-state index is 12.8. The van der Waals surface area contributed by atoms with E-state index in [4.69, 9.17) is 4.74 Å². The number of benzene rings is 3. The minimum absolute atomic E-state index is 0.00362.